The maximum Gasteiger partial charge on any atom is 0.225 e. The van der Waals surface area contributed by atoms with Crippen molar-refractivity contribution in [2.45, 2.75) is 31.4 Å². The fourth-order valence-corrected chi connectivity index (χ4v) is 1.45. The zero-order valence-corrected chi connectivity index (χ0v) is 5.79. The van der Waals surface area contributed by atoms with Gasteiger partial charge in [-0.05, 0) is 12.8 Å². The Hall–Kier alpha value is -0.570. The molecule has 1 aliphatic carbocycles. The van der Waals surface area contributed by atoms with Crippen LogP contribution in [0, 0.1) is 0 Å². The number of amides is 1. The van der Waals surface area contributed by atoms with Gasteiger partial charge in [0.25, 0.3) is 0 Å². The zero-order valence-electron chi connectivity index (χ0n) is 5.79. The van der Waals surface area contributed by atoms with E-state index in [1.807, 2.05) is 4.90 Å². The van der Waals surface area contributed by atoms with E-state index in [9.17, 15) is 4.79 Å². The highest BCUT2D eigenvalue weighted by Gasteiger charge is 2.38. The molecule has 56 valence electrons. The van der Waals surface area contributed by atoms with Gasteiger partial charge in [-0.25, -0.2) is 0 Å². The first-order valence-corrected chi connectivity index (χ1v) is 3.75. The van der Waals surface area contributed by atoms with E-state index < -0.39 is 6.10 Å². The molecule has 0 radical (unpaired) electrons. The van der Waals surface area contributed by atoms with Crippen LogP contribution in [-0.2, 0) is 4.79 Å². The van der Waals surface area contributed by atoms with Crippen molar-refractivity contribution in [3.63, 3.8) is 0 Å². The molecule has 0 spiro atoms. The van der Waals surface area contributed by atoms with Gasteiger partial charge in [0.1, 0.15) is 0 Å². The summed E-state index contributed by atoms with van der Waals surface area (Å²) in [6.07, 6.45) is 2.22. The number of rotatable bonds is 1. The molecular weight excluding hydrogens is 130 g/mol. The highest BCUT2D eigenvalue weighted by molar-refractivity contribution is 5.79. The maximum absolute atomic E-state index is 11.0. The Morgan fingerprint density at radius 2 is 2.20 bits per heavy atom. The molecule has 1 atom stereocenters. The predicted molar refractivity (Wildman–Crippen MR) is 35.4 cm³/mol. The fourth-order valence-electron chi connectivity index (χ4n) is 1.45. The van der Waals surface area contributed by atoms with Gasteiger partial charge in [0.15, 0.2) is 0 Å². The van der Waals surface area contributed by atoms with Gasteiger partial charge in [0.05, 0.1) is 12.5 Å². The minimum Gasteiger partial charge on any atom is -0.391 e. The van der Waals surface area contributed by atoms with E-state index in [0.717, 1.165) is 12.8 Å². The van der Waals surface area contributed by atoms with Gasteiger partial charge >= 0.3 is 0 Å². The number of aliphatic hydroxyl groups excluding tert-OH is 1. The molecule has 0 bridgehead atoms. The molecule has 3 nitrogen and oxygen atoms in total. The van der Waals surface area contributed by atoms with E-state index in [-0.39, 0.29) is 5.91 Å². The lowest BCUT2D eigenvalue weighted by Crippen LogP contribution is -2.27. The topological polar surface area (TPSA) is 40.5 Å². The van der Waals surface area contributed by atoms with E-state index >= 15 is 0 Å². The molecule has 0 aromatic carbocycles. The summed E-state index contributed by atoms with van der Waals surface area (Å²) in [5, 5.41) is 9.08. The van der Waals surface area contributed by atoms with E-state index in [0.29, 0.717) is 19.0 Å². The van der Waals surface area contributed by atoms with Crippen LogP contribution in [0.3, 0.4) is 0 Å². The predicted octanol–water partition coefficient (Wildman–Crippen LogP) is -0.258. The second-order valence-corrected chi connectivity index (χ2v) is 3.14. The minimum atomic E-state index is -0.395. The van der Waals surface area contributed by atoms with Gasteiger partial charge in [0.2, 0.25) is 5.91 Å². The molecule has 1 saturated heterocycles. The van der Waals surface area contributed by atoms with Crippen molar-refractivity contribution in [3.05, 3.63) is 0 Å². The van der Waals surface area contributed by atoms with Crippen molar-refractivity contribution in [1.29, 1.82) is 0 Å². The van der Waals surface area contributed by atoms with Crippen molar-refractivity contribution in [1.82, 2.24) is 4.90 Å². The second-order valence-electron chi connectivity index (χ2n) is 3.14. The molecule has 1 saturated carbocycles. The van der Waals surface area contributed by atoms with Crippen molar-refractivity contribution >= 4 is 5.91 Å². The molecule has 3 heteroatoms. The smallest absolute Gasteiger partial charge is 0.225 e. The first-order chi connectivity index (χ1) is 4.77. The SMILES string of the molecule is O=C1C[C@@H](O)CN1C1CC1. The Balaban J connectivity index is 2.01. The molecule has 0 unspecified atom stereocenters. The van der Waals surface area contributed by atoms with Gasteiger partial charge in [-0.1, -0.05) is 0 Å². The van der Waals surface area contributed by atoms with Gasteiger partial charge in [-0.2, -0.15) is 0 Å². The quantitative estimate of drug-likeness (QED) is 0.546. The summed E-state index contributed by atoms with van der Waals surface area (Å²) >= 11 is 0. The molecule has 1 heterocycles. The normalized spacial score (nSPS) is 33.5. The lowest BCUT2D eigenvalue weighted by Gasteiger charge is -2.13. The Morgan fingerprint density at radius 1 is 1.50 bits per heavy atom. The summed E-state index contributed by atoms with van der Waals surface area (Å²) in [7, 11) is 0. The van der Waals surface area contributed by atoms with Crippen LogP contribution >= 0.6 is 0 Å². The monoisotopic (exact) mass is 141 g/mol. The molecule has 2 aliphatic rings. The highest BCUT2D eigenvalue weighted by atomic mass is 16.3. The van der Waals surface area contributed by atoms with Crippen LogP contribution in [-0.4, -0.2) is 34.6 Å². The molecule has 1 amide bonds. The maximum atomic E-state index is 11.0. The second kappa shape index (κ2) is 1.95. The number of nitrogens with zero attached hydrogens (tertiary/aromatic N) is 1. The summed E-state index contributed by atoms with van der Waals surface area (Å²) in [5.41, 5.74) is 0. The first-order valence-electron chi connectivity index (χ1n) is 3.75. The largest absolute Gasteiger partial charge is 0.391 e. The molecular formula is C7H11NO2. The molecule has 1 aliphatic heterocycles. The van der Waals surface area contributed by atoms with Crippen LogP contribution in [0.5, 0.6) is 0 Å². The summed E-state index contributed by atoms with van der Waals surface area (Å²) in [4.78, 5) is 12.8. The first kappa shape index (κ1) is 6.16. The third-order valence-electron chi connectivity index (χ3n) is 2.13. The number of aliphatic hydroxyl groups is 1. The molecule has 2 fully saturated rings. The average molecular weight is 141 g/mol. The number of carbonyl (C=O) groups excluding carboxylic acids is 1. The lowest BCUT2D eigenvalue weighted by molar-refractivity contribution is -0.128. The van der Waals surface area contributed by atoms with Crippen molar-refractivity contribution < 1.29 is 9.90 Å². The van der Waals surface area contributed by atoms with Crippen LogP contribution in [0.4, 0.5) is 0 Å². The van der Waals surface area contributed by atoms with Gasteiger partial charge < -0.3 is 10.0 Å². The highest BCUT2D eigenvalue weighted by Crippen LogP contribution is 2.30. The summed E-state index contributed by atoms with van der Waals surface area (Å²) in [6.45, 7) is 0.573. The van der Waals surface area contributed by atoms with E-state index in [1.165, 1.54) is 0 Å². The van der Waals surface area contributed by atoms with E-state index in [1.54, 1.807) is 0 Å². The molecule has 1 N–H and O–H groups in total. The van der Waals surface area contributed by atoms with Crippen LogP contribution in [0.15, 0.2) is 0 Å². The van der Waals surface area contributed by atoms with E-state index in [4.69, 9.17) is 5.11 Å². The Labute approximate surface area is 59.6 Å². The van der Waals surface area contributed by atoms with Crippen LogP contribution in [0.25, 0.3) is 0 Å². The minimum absolute atomic E-state index is 0.134. The Bertz CT molecular complexity index is 165. The number of likely N-dealkylation sites (tertiary alicyclic amines) is 1. The van der Waals surface area contributed by atoms with Crippen molar-refractivity contribution in [2.75, 3.05) is 6.54 Å². The Morgan fingerprint density at radius 3 is 2.60 bits per heavy atom. The van der Waals surface area contributed by atoms with Crippen LogP contribution < -0.4 is 0 Å². The van der Waals surface area contributed by atoms with Crippen LogP contribution in [0.2, 0.25) is 0 Å². The van der Waals surface area contributed by atoms with Crippen molar-refractivity contribution in [3.8, 4) is 0 Å². The van der Waals surface area contributed by atoms with Gasteiger partial charge in [-0.15, -0.1) is 0 Å². The molecule has 0 aromatic rings. The summed E-state index contributed by atoms with van der Waals surface area (Å²) in [5.74, 6) is 0.134. The van der Waals surface area contributed by atoms with Gasteiger partial charge in [0, 0.05) is 12.6 Å². The Kier molecular flexibility index (Phi) is 1.20. The van der Waals surface area contributed by atoms with Crippen LogP contribution in [0.1, 0.15) is 19.3 Å². The number of β-amino-alcohol motifs (C(OH)–C–C–N with tert-alkyl or cyclic N) is 1. The number of hydrogen-bond acceptors (Lipinski definition) is 2. The van der Waals surface area contributed by atoms with Crippen molar-refractivity contribution in [2.24, 2.45) is 0 Å². The molecule has 2 rings (SSSR count). The van der Waals surface area contributed by atoms with E-state index in [2.05, 4.69) is 0 Å². The zero-order chi connectivity index (χ0) is 7.14. The summed E-state index contributed by atoms with van der Waals surface area (Å²) in [6, 6.07) is 0.477. The number of hydrogen-bond donors (Lipinski definition) is 1. The average Bonchev–Trinajstić information content (AvgIpc) is 2.61. The van der Waals surface area contributed by atoms with Gasteiger partial charge in [-0.3, -0.25) is 4.79 Å². The standard InChI is InChI=1S/C7H11NO2/c9-6-3-7(10)8(4-6)5-1-2-5/h5-6,9H,1-4H2/t6-/m1/s1. The number of carbonyl (C=O) groups is 1. The lowest BCUT2D eigenvalue weighted by atomic mass is 10.3. The third-order valence-corrected chi connectivity index (χ3v) is 2.13. The molecule has 10 heavy (non-hydrogen) atoms. The third kappa shape index (κ3) is 0.904. The fraction of sp³-hybridized carbons (Fsp3) is 0.857. The molecule has 0 aromatic heterocycles. The summed E-state index contributed by atoms with van der Waals surface area (Å²) < 4.78 is 0.